The highest BCUT2D eigenvalue weighted by Gasteiger charge is 2.31. The number of carbonyl (C=O) groups is 1. The lowest BCUT2D eigenvalue weighted by Gasteiger charge is -2.30. The van der Waals surface area contributed by atoms with Gasteiger partial charge >= 0.3 is 6.09 Å². The van der Waals surface area contributed by atoms with E-state index in [2.05, 4.69) is 29.4 Å². The fraction of sp³-hybridized carbons (Fsp3) is 0.304. The molecule has 0 atom stereocenters. The summed E-state index contributed by atoms with van der Waals surface area (Å²) in [7, 11) is 0. The molecule has 0 unspecified atom stereocenters. The van der Waals surface area contributed by atoms with Crippen molar-refractivity contribution in [3.05, 3.63) is 81.8 Å². The summed E-state index contributed by atoms with van der Waals surface area (Å²) in [6.45, 7) is 1.52. The average Bonchev–Trinajstić information content (AvgIpc) is 3.34. The third kappa shape index (κ3) is 3.24. The van der Waals surface area contributed by atoms with Crippen LogP contribution in [0.2, 0.25) is 0 Å². The summed E-state index contributed by atoms with van der Waals surface area (Å²) in [5, 5.41) is 2.33. The minimum absolute atomic E-state index is 0.0676. The van der Waals surface area contributed by atoms with Gasteiger partial charge in [0.2, 0.25) is 0 Å². The Balaban J connectivity index is 1.23. The van der Waals surface area contributed by atoms with Gasteiger partial charge < -0.3 is 14.2 Å². The molecule has 1 aliphatic heterocycles. The van der Waals surface area contributed by atoms with Gasteiger partial charge in [0.15, 0.2) is 0 Å². The zero-order chi connectivity index (χ0) is 19.8. The van der Waals surface area contributed by atoms with E-state index in [0.717, 1.165) is 12.8 Å². The molecule has 1 N–H and O–H groups in total. The quantitative estimate of drug-likeness (QED) is 0.731. The van der Waals surface area contributed by atoms with Crippen LogP contribution in [0.3, 0.4) is 0 Å². The Morgan fingerprint density at radius 2 is 1.66 bits per heavy atom. The predicted octanol–water partition coefficient (Wildman–Crippen LogP) is 4.10. The minimum atomic E-state index is -0.277. The van der Waals surface area contributed by atoms with Crippen molar-refractivity contribution < 1.29 is 14.1 Å². The normalized spacial score (nSPS) is 16.5. The first-order valence-corrected chi connectivity index (χ1v) is 9.99. The van der Waals surface area contributed by atoms with Gasteiger partial charge in [-0.1, -0.05) is 48.5 Å². The molecular weight excluding hydrogens is 368 g/mol. The first-order chi connectivity index (χ1) is 14.2. The number of piperidine rings is 1. The SMILES string of the molecule is O=C(OCC1c2ccccc2-c2ccccc21)N1CCC(c2cc(=O)[nH]o2)CC1. The number of nitrogens with zero attached hydrogens (tertiary/aromatic N) is 1. The second kappa shape index (κ2) is 7.28. The number of amides is 1. The number of H-pyrrole nitrogens is 1. The van der Waals surface area contributed by atoms with Gasteiger partial charge in [0, 0.05) is 31.0 Å². The largest absolute Gasteiger partial charge is 0.448 e. The van der Waals surface area contributed by atoms with Crippen LogP contribution in [0.4, 0.5) is 4.79 Å². The molecule has 1 aromatic heterocycles. The molecular formula is C23H22N2O4. The molecule has 3 aromatic rings. The number of ether oxygens (including phenoxy) is 1. The lowest BCUT2D eigenvalue weighted by Crippen LogP contribution is -2.38. The number of aromatic amines is 1. The van der Waals surface area contributed by atoms with E-state index in [1.807, 2.05) is 24.3 Å². The third-order valence-corrected chi connectivity index (χ3v) is 6.03. The van der Waals surface area contributed by atoms with Crippen LogP contribution >= 0.6 is 0 Å². The number of hydrogen-bond donors (Lipinski definition) is 1. The highest BCUT2D eigenvalue weighted by Crippen LogP contribution is 2.44. The Morgan fingerprint density at radius 1 is 1.03 bits per heavy atom. The summed E-state index contributed by atoms with van der Waals surface area (Å²) in [6, 6.07) is 18.1. The third-order valence-electron chi connectivity index (χ3n) is 6.03. The van der Waals surface area contributed by atoms with E-state index in [9.17, 15) is 9.59 Å². The zero-order valence-electron chi connectivity index (χ0n) is 16.0. The molecule has 0 saturated carbocycles. The molecule has 148 valence electrons. The number of hydrogen-bond acceptors (Lipinski definition) is 4. The van der Waals surface area contributed by atoms with Gasteiger partial charge in [0.1, 0.15) is 12.4 Å². The smallest absolute Gasteiger partial charge is 0.409 e. The second-order valence-electron chi connectivity index (χ2n) is 7.68. The van der Waals surface area contributed by atoms with Crippen LogP contribution < -0.4 is 5.56 Å². The first kappa shape index (κ1) is 17.8. The van der Waals surface area contributed by atoms with E-state index < -0.39 is 0 Å². The molecule has 6 nitrogen and oxygen atoms in total. The molecule has 2 aromatic carbocycles. The van der Waals surface area contributed by atoms with Crippen molar-refractivity contribution in [2.45, 2.75) is 24.7 Å². The number of nitrogens with one attached hydrogen (secondary N) is 1. The molecule has 1 fully saturated rings. The summed E-state index contributed by atoms with van der Waals surface area (Å²) < 4.78 is 10.9. The molecule has 5 rings (SSSR count). The molecule has 0 radical (unpaired) electrons. The van der Waals surface area contributed by atoms with Crippen LogP contribution in [0, 0.1) is 0 Å². The summed E-state index contributed by atoms with van der Waals surface area (Å²) in [6.07, 6.45) is 1.23. The summed E-state index contributed by atoms with van der Waals surface area (Å²) in [4.78, 5) is 25.7. The fourth-order valence-electron chi connectivity index (χ4n) is 4.53. The Morgan fingerprint density at radius 3 is 2.24 bits per heavy atom. The summed E-state index contributed by atoms with van der Waals surface area (Å²) in [5.41, 5.74) is 4.64. The highest BCUT2D eigenvalue weighted by atomic mass is 16.6. The van der Waals surface area contributed by atoms with E-state index >= 15 is 0 Å². The topological polar surface area (TPSA) is 75.5 Å². The first-order valence-electron chi connectivity index (χ1n) is 9.99. The van der Waals surface area contributed by atoms with Crippen molar-refractivity contribution in [2.75, 3.05) is 19.7 Å². The molecule has 1 aliphatic carbocycles. The predicted molar refractivity (Wildman–Crippen MR) is 108 cm³/mol. The van der Waals surface area contributed by atoms with Gasteiger partial charge in [-0.3, -0.25) is 4.79 Å². The van der Waals surface area contributed by atoms with Crippen molar-refractivity contribution in [2.24, 2.45) is 0 Å². The Labute approximate surface area is 168 Å². The van der Waals surface area contributed by atoms with Crippen molar-refractivity contribution >= 4 is 6.09 Å². The Kier molecular flexibility index (Phi) is 4.46. The lowest BCUT2D eigenvalue weighted by atomic mass is 9.94. The van der Waals surface area contributed by atoms with Gasteiger partial charge in [0.25, 0.3) is 5.56 Å². The van der Waals surface area contributed by atoms with Crippen LogP contribution in [0.5, 0.6) is 0 Å². The molecule has 6 heteroatoms. The maximum atomic E-state index is 12.7. The number of fused-ring (bicyclic) bond motifs is 3. The number of rotatable bonds is 3. The molecule has 0 bridgehead atoms. The second-order valence-corrected chi connectivity index (χ2v) is 7.68. The van der Waals surface area contributed by atoms with Crippen molar-refractivity contribution in [3.8, 4) is 11.1 Å². The standard InChI is InChI=1S/C23H22N2O4/c26-22-13-21(29-24-22)15-9-11-25(12-10-15)23(27)28-14-20-18-7-3-1-5-16(18)17-6-2-4-8-19(17)20/h1-8,13,15,20H,9-12,14H2,(H,24,26). The molecule has 29 heavy (non-hydrogen) atoms. The molecule has 2 heterocycles. The average molecular weight is 390 g/mol. The van der Waals surface area contributed by atoms with E-state index in [0.29, 0.717) is 25.5 Å². The highest BCUT2D eigenvalue weighted by molar-refractivity contribution is 5.79. The molecule has 2 aliphatic rings. The van der Waals surface area contributed by atoms with E-state index in [-0.39, 0.29) is 23.5 Å². The van der Waals surface area contributed by atoms with E-state index in [1.165, 1.54) is 28.3 Å². The van der Waals surface area contributed by atoms with Crippen LogP contribution in [-0.2, 0) is 4.74 Å². The van der Waals surface area contributed by atoms with Crippen LogP contribution in [0.25, 0.3) is 11.1 Å². The van der Waals surface area contributed by atoms with Crippen LogP contribution in [0.1, 0.15) is 41.6 Å². The van der Waals surface area contributed by atoms with Crippen molar-refractivity contribution in [1.29, 1.82) is 0 Å². The Hall–Kier alpha value is -3.28. The molecule has 0 spiro atoms. The lowest BCUT2D eigenvalue weighted by molar-refractivity contribution is 0.0888. The maximum Gasteiger partial charge on any atom is 0.409 e. The van der Waals surface area contributed by atoms with Gasteiger partial charge in [0.05, 0.1) is 0 Å². The minimum Gasteiger partial charge on any atom is -0.448 e. The van der Waals surface area contributed by atoms with Crippen LogP contribution in [0.15, 0.2) is 63.9 Å². The number of likely N-dealkylation sites (tertiary alicyclic amines) is 1. The Bertz CT molecular complexity index is 1050. The summed E-state index contributed by atoms with van der Waals surface area (Å²) in [5.74, 6) is 0.895. The number of carbonyl (C=O) groups excluding carboxylic acids is 1. The van der Waals surface area contributed by atoms with Crippen molar-refractivity contribution in [3.63, 3.8) is 0 Å². The van der Waals surface area contributed by atoms with Crippen LogP contribution in [-0.4, -0.2) is 35.8 Å². The fourth-order valence-corrected chi connectivity index (χ4v) is 4.53. The van der Waals surface area contributed by atoms with Gasteiger partial charge in [-0.2, -0.15) is 5.16 Å². The van der Waals surface area contributed by atoms with Gasteiger partial charge in [-0.15, -0.1) is 0 Å². The number of benzene rings is 2. The van der Waals surface area contributed by atoms with E-state index in [4.69, 9.17) is 9.26 Å². The van der Waals surface area contributed by atoms with Gasteiger partial charge in [-0.25, -0.2) is 4.79 Å². The number of aromatic nitrogens is 1. The molecule has 1 saturated heterocycles. The monoisotopic (exact) mass is 390 g/mol. The zero-order valence-corrected chi connectivity index (χ0v) is 16.0. The van der Waals surface area contributed by atoms with E-state index in [1.54, 1.807) is 4.90 Å². The van der Waals surface area contributed by atoms with Crippen molar-refractivity contribution in [1.82, 2.24) is 10.1 Å². The maximum absolute atomic E-state index is 12.7. The van der Waals surface area contributed by atoms with Gasteiger partial charge in [-0.05, 0) is 35.1 Å². The summed E-state index contributed by atoms with van der Waals surface area (Å²) >= 11 is 0. The molecule has 1 amide bonds.